The van der Waals surface area contributed by atoms with Crippen LogP contribution in [0.25, 0.3) is 0 Å². The van der Waals surface area contributed by atoms with Crippen LogP contribution in [-0.4, -0.2) is 19.3 Å². The van der Waals surface area contributed by atoms with Crippen molar-refractivity contribution in [2.24, 2.45) is 0 Å². The first-order valence-electron chi connectivity index (χ1n) is 9.52. The molecule has 26 heavy (non-hydrogen) atoms. The molecule has 1 aliphatic rings. The fraction of sp³-hybridized carbons (Fsp3) is 0.455. The summed E-state index contributed by atoms with van der Waals surface area (Å²) in [6, 6.07) is 16.9. The van der Waals surface area contributed by atoms with Crippen molar-refractivity contribution in [3.05, 3.63) is 59.7 Å². The van der Waals surface area contributed by atoms with Gasteiger partial charge >= 0.3 is 0 Å². The molecule has 3 nitrogen and oxygen atoms in total. The van der Waals surface area contributed by atoms with Gasteiger partial charge in [0.05, 0.1) is 12.7 Å². The maximum Gasteiger partial charge on any atom is 0.161 e. The van der Waals surface area contributed by atoms with Crippen LogP contribution >= 0.6 is 12.4 Å². The van der Waals surface area contributed by atoms with Gasteiger partial charge in [-0.2, -0.15) is 0 Å². The molecule has 0 spiro atoms. The van der Waals surface area contributed by atoms with E-state index in [0.29, 0.717) is 12.7 Å². The van der Waals surface area contributed by atoms with Crippen molar-refractivity contribution in [3.8, 4) is 11.5 Å². The Morgan fingerprint density at radius 2 is 1.73 bits per heavy atom. The highest BCUT2D eigenvalue weighted by molar-refractivity contribution is 5.85. The highest BCUT2D eigenvalue weighted by Crippen LogP contribution is 2.32. The van der Waals surface area contributed by atoms with Crippen molar-refractivity contribution in [3.63, 3.8) is 0 Å². The van der Waals surface area contributed by atoms with Gasteiger partial charge in [-0.25, -0.2) is 0 Å². The quantitative estimate of drug-likeness (QED) is 0.614. The summed E-state index contributed by atoms with van der Waals surface area (Å²) in [7, 11) is 0. The minimum atomic E-state index is 0. The molecule has 0 heterocycles. The lowest BCUT2D eigenvalue weighted by atomic mass is 10.1. The van der Waals surface area contributed by atoms with Crippen LogP contribution in [0.15, 0.2) is 48.5 Å². The average Bonchev–Trinajstić information content (AvgIpc) is 3.15. The van der Waals surface area contributed by atoms with E-state index < -0.39 is 0 Å². The van der Waals surface area contributed by atoms with Crippen LogP contribution in [0, 0.1) is 0 Å². The topological polar surface area (TPSA) is 30.5 Å². The predicted molar refractivity (Wildman–Crippen MR) is 110 cm³/mol. The molecule has 4 heteroatoms. The predicted octanol–water partition coefficient (Wildman–Crippen LogP) is 5.16. The molecule has 0 bridgehead atoms. The van der Waals surface area contributed by atoms with E-state index in [1.165, 1.54) is 24.0 Å². The Hall–Kier alpha value is -1.71. The van der Waals surface area contributed by atoms with Crippen LogP contribution in [0.5, 0.6) is 11.5 Å². The first-order valence-corrected chi connectivity index (χ1v) is 9.52. The Morgan fingerprint density at radius 1 is 0.962 bits per heavy atom. The second-order valence-corrected chi connectivity index (χ2v) is 6.65. The van der Waals surface area contributed by atoms with Gasteiger partial charge in [0.25, 0.3) is 0 Å². The highest BCUT2D eigenvalue weighted by atomic mass is 35.5. The zero-order valence-electron chi connectivity index (χ0n) is 15.6. The van der Waals surface area contributed by atoms with E-state index in [4.69, 9.17) is 9.47 Å². The summed E-state index contributed by atoms with van der Waals surface area (Å²) in [5.74, 6) is 1.76. The van der Waals surface area contributed by atoms with Gasteiger partial charge in [0.1, 0.15) is 0 Å². The molecule has 2 aromatic carbocycles. The molecule has 1 N–H and O–H groups in total. The molecule has 0 saturated heterocycles. The summed E-state index contributed by atoms with van der Waals surface area (Å²) in [6.45, 7) is 4.49. The molecule has 0 aromatic heterocycles. The van der Waals surface area contributed by atoms with Crippen molar-refractivity contribution in [2.75, 3.05) is 13.2 Å². The number of hydrogen-bond acceptors (Lipinski definition) is 3. The first-order chi connectivity index (χ1) is 12.3. The molecule has 0 unspecified atom stereocenters. The van der Waals surface area contributed by atoms with E-state index >= 15 is 0 Å². The molecule has 1 saturated carbocycles. The molecule has 1 fully saturated rings. The summed E-state index contributed by atoms with van der Waals surface area (Å²) in [6.07, 6.45) is 6.27. The number of hydrogen-bond donors (Lipinski definition) is 1. The zero-order chi connectivity index (χ0) is 17.3. The largest absolute Gasteiger partial charge is 0.490 e. The Bertz CT molecular complexity index is 642. The Balaban J connectivity index is 0.00000243. The summed E-state index contributed by atoms with van der Waals surface area (Å²) in [5.41, 5.74) is 2.60. The number of nitrogens with one attached hydrogen (secondary N) is 1. The monoisotopic (exact) mass is 375 g/mol. The normalized spacial score (nSPS) is 14.0. The molecular formula is C22H30ClNO2. The Kier molecular flexibility index (Phi) is 8.79. The first kappa shape index (κ1) is 20.6. The lowest BCUT2D eigenvalue weighted by Crippen LogP contribution is -2.17. The molecule has 0 atom stereocenters. The van der Waals surface area contributed by atoms with Crippen molar-refractivity contribution in [2.45, 2.75) is 51.7 Å². The third-order valence-electron chi connectivity index (χ3n) is 4.67. The van der Waals surface area contributed by atoms with Gasteiger partial charge in [-0.3, -0.25) is 0 Å². The van der Waals surface area contributed by atoms with Gasteiger partial charge < -0.3 is 14.8 Å². The van der Waals surface area contributed by atoms with Crippen LogP contribution in [0.2, 0.25) is 0 Å². The summed E-state index contributed by atoms with van der Waals surface area (Å²) in [4.78, 5) is 0. The second kappa shape index (κ2) is 11.1. The fourth-order valence-electron chi connectivity index (χ4n) is 3.32. The summed E-state index contributed by atoms with van der Waals surface area (Å²) >= 11 is 0. The molecule has 0 radical (unpaired) electrons. The highest BCUT2D eigenvalue weighted by Gasteiger charge is 2.18. The van der Waals surface area contributed by atoms with Crippen LogP contribution in [0.1, 0.15) is 43.7 Å². The van der Waals surface area contributed by atoms with Crippen LogP contribution < -0.4 is 14.8 Å². The maximum atomic E-state index is 6.15. The van der Waals surface area contributed by atoms with Crippen molar-refractivity contribution >= 4 is 12.4 Å². The molecule has 1 aliphatic carbocycles. The lowest BCUT2D eigenvalue weighted by molar-refractivity contribution is 0.196. The SMILES string of the molecule is CCOc1cc(CNCCc2ccccc2)ccc1OC1CCCC1.Cl. The van der Waals surface area contributed by atoms with Gasteiger partial charge in [-0.15, -0.1) is 12.4 Å². The van der Waals surface area contributed by atoms with Gasteiger partial charge in [0.15, 0.2) is 11.5 Å². The van der Waals surface area contributed by atoms with Crippen LogP contribution in [0.4, 0.5) is 0 Å². The van der Waals surface area contributed by atoms with Crippen molar-refractivity contribution in [1.82, 2.24) is 5.32 Å². The lowest BCUT2D eigenvalue weighted by Gasteiger charge is -2.17. The van der Waals surface area contributed by atoms with Crippen LogP contribution in [-0.2, 0) is 13.0 Å². The average molecular weight is 376 g/mol. The maximum absolute atomic E-state index is 6.15. The number of benzene rings is 2. The minimum absolute atomic E-state index is 0. The summed E-state index contributed by atoms with van der Waals surface area (Å²) < 4.78 is 12.0. The Labute approximate surface area is 163 Å². The Morgan fingerprint density at radius 3 is 2.46 bits per heavy atom. The molecule has 3 rings (SSSR count). The zero-order valence-corrected chi connectivity index (χ0v) is 16.4. The van der Waals surface area contributed by atoms with E-state index in [0.717, 1.165) is 43.9 Å². The van der Waals surface area contributed by atoms with Gasteiger partial charge in [-0.1, -0.05) is 36.4 Å². The number of rotatable bonds is 9. The van der Waals surface area contributed by atoms with Crippen molar-refractivity contribution in [1.29, 1.82) is 0 Å². The van der Waals surface area contributed by atoms with Crippen molar-refractivity contribution < 1.29 is 9.47 Å². The standard InChI is InChI=1S/C22H29NO2.ClH/c1-2-24-22-16-19(12-13-21(22)25-20-10-6-7-11-20)17-23-15-14-18-8-4-3-5-9-18;/h3-5,8-9,12-13,16,20,23H,2,6-7,10-11,14-15,17H2,1H3;1H. The van der Waals surface area contributed by atoms with Gasteiger partial charge in [0, 0.05) is 6.54 Å². The van der Waals surface area contributed by atoms with E-state index in [9.17, 15) is 0 Å². The number of ether oxygens (including phenoxy) is 2. The summed E-state index contributed by atoms with van der Waals surface area (Å²) in [5, 5.41) is 3.52. The second-order valence-electron chi connectivity index (χ2n) is 6.65. The van der Waals surface area contributed by atoms with Crippen LogP contribution in [0.3, 0.4) is 0 Å². The third kappa shape index (κ3) is 6.22. The molecular weight excluding hydrogens is 346 g/mol. The molecule has 2 aromatic rings. The van der Waals surface area contributed by atoms with E-state index in [-0.39, 0.29) is 12.4 Å². The van der Waals surface area contributed by atoms with E-state index in [1.54, 1.807) is 0 Å². The third-order valence-corrected chi connectivity index (χ3v) is 4.67. The fourth-order valence-corrected chi connectivity index (χ4v) is 3.32. The van der Waals surface area contributed by atoms with Gasteiger partial charge in [0.2, 0.25) is 0 Å². The minimum Gasteiger partial charge on any atom is -0.490 e. The molecule has 0 amide bonds. The molecule has 0 aliphatic heterocycles. The smallest absolute Gasteiger partial charge is 0.161 e. The molecule has 142 valence electrons. The number of halogens is 1. The van der Waals surface area contributed by atoms with E-state index in [1.807, 2.05) is 6.92 Å². The van der Waals surface area contributed by atoms with Gasteiger partial charge in [-0.05, 0) is 68.8 Å². The van der Waals surface area contributed by atoms with E-state index in [2.05, 4.69) is 53.8 Å².